The highest BCUT2D eigenvalue weighted by Gasteiger charge is 2.22. The minimum absolute atomic E-state index is 0.0301. The van der Waals surface area contributed by atoms with Gasteiger partial charge in [-0.1, -0.05) is 102 Å². The number of benzene rings is 2. The Morgan fingerprint density at radius 1 is 0.627 bits per heavy atom. The third kappa shape index (κ3) is 11.7. The summed E-state index contributed by atoms with van der Waals surface area (Å²) in [6.45, 7) is 11.6. The van der Waals surface area contributed by atoms with Crippen molar-refractivity contribution in [2.45, 2.75) is 104 Å². The fourth-order valence-electron chi connectivity index (χ4n) is 8.44. The summed E-state index contributed by atoms with van der Waals surface area (Å²) >= 11 is 0. The van der Waals surface area contributed by atoms with Gasteiger partial charge < -0.3 is 29.7 Å². The Bertz CT molecular complexity index is 2260. The van der Waals surface area contributed by atoms with Crippen molar-refractivity contribution in [1.29, 1.82) is 0 Å². The standard InChI is InChI=1S/C52H65N5O2/c1-4-7-8-9-10-11-12-13-14-33-58-45-20-15-18-39(35-45)51-47-26-22-41(53-47)37-43-24-28-49(55-43)52(50-29-25-44(56-50)38-42-23-27-48(51)54-42)40-19-16-21-46(36-40)59-34-17-32-57(30-5-2)31-6-3/h15-16,18-29,35-38,47,53-55H,4-14,17,30-34H2,1-3H3/b41-37-,42-38-,51-48-,52-50-. The summed E-state index contributed by atoms with van der Waals surface area (Å²) in [4.78, 5) is 15.2. The van der Waals surface area contributed by atoms with E-state index in [0.717, 1.165) is 106 Å². The van der Waals surface area contributed by atoms with Crippen LogP contribution >= 0.6 is 0 Å². The number of hydrogen-bond donors (Lipinski definition) is 3. The summed E-state index contributed by atoms with van der Waals surface area (Å²) in [5, 5.41) is 5.87. The molecule has 3 N–H and O–H groups in total. The molecule has 3 aliphatic heterocycles. The lowest BCUT2D eigenvalue weighted by molar-refractivity contribution is 0.234. The maximum absolute atomic E-state index is 6.34. The Labute approximate surface area is 352 Å². The number of aromatic amines is 2. The van der Waals surface area contributed by atoms with Crippen molar-refractivity contribution < 1.29 is 9.47 Å². The molecule has 7 nitrogen and oxygen atoms in total. The molecule has 8 bridgehead atoms. The molecule has 5 heterocycles. The SMILES string of the molecule is CCCCCCCCCCCOc1cccc(/C2=c3\cc/c([nH]3)=C/C3=NC(=C(/c4cccc(OCCCN(CCC)CCC)c4)c4ccc([nH]4)/C=C4/C=CC2N4)/C=C3)c1. The van der Waals surface area contributed by atoms with Gasteiger partial charge in [0.25, 0.3) is 0 Å². The summed E-state index contributed by atoms with van der Waals surface area (Å²) in [6.07, 6.45) is 28.1. The first kappa shape index (κ1) is 41.9. The van der Waals surface area contributed by atoms with Crippen molar-refractivity contribution in [1.82, 2.24) is 20.2 Å². The van der Waals surface area contributed by atoms with Crippen LogP contribution in [0.25, 0.3) is 23.3 Å². The highest BCUT2D eigenvalue weighted by Crippen LogP contribution is 2.33. The molecule has 1 atom stereocenters. The van der Waals surface area contributed by atoms with Gasteiger partial charge in [0.1, 0.15) is 11.5 Å². The van der Waals surface area contributed by atoms with Crippen molar-refractivity contribution in [3.63, 3.8) is 0 Å². The average molecular weight is 792 g/mol. The van der Waals surface area contributed by atoms with Gasteiger partial charge in [-0.25, -0.2) is 4.99 Å². The van der Waals surface area contributed by atoms with Crippen LogP contribution in [0.4, 0.5) is 0 Å². The number of unbranched alkanes of at least 4 members (excludes halogenated alkanes) is 8. The fourth-order valence-corrected chi connectivity index (χ4v) is 8.44. The Kier molecular flexibility index (Phi) is 15.4. The predicted octanol–water partition coefficient (Wildman–Crippen LogP) is 10.5. The zero-order chi connectivity index (χ0) is 40.7. The van der Waals surface area contributed by atoms with E-state index in [0.29, 0.717) is 6.61 Å². The number of allylic oxidation sites excluding steroid dienone is 3. The molecule has 0 fully saturated rings. The van der Waals surface area contributed by atoms with Gasteiger partial charge in [-0.3, -0.25) is 0 Å². The van der Waals surface area contributed by atoms with Gasteiger partial charge in [-0.15, -0.1) is 0 Å². The lowest BCUT2D eigenvalue weighted by Gasteiger charge is -2.20. The van der Waals surface area contributed by atoms with E-state index in [1.807, 2.05) is 0 Å². The molecule has 59 heavy (non-hydrogen) atoms. The molecule has 3 aliphatic rings. The lowest BCUT2D eigenvalue weighted by Crippen LogP contribution is -2.29. The van der Waals surface area contributed by atoms with E-state index in [9.17, 15) is 0 Å². The Balaban J connectivity index is 1.12. The van der Waals surface area contributed by atoms with Crippen molar-refractivity contribution in [2.24, 2.45) is 4.99 Å². The number of hydrogen-bond acceptors (Lipinski definition) is 5. The first-order chi connectivity index (χ1) is 29.1. The number of fused-ring (bicyclic) bond motifs is 7. The van der Waals surface area contributed by atoms with Crippen LogP contribution in [-0.4, -0.2) is 59.5 Å². The van der Waals surface area contributed by atoms with E-state index in [4.69, 9.17) is 14.5 Å². The van der Waals surface area contributed by atoms with E-state index < -0.39 is 0 Å². The maximum Gasteiger partial charge on any atom is 0.119 e. The summed E-state index contributed by atoms with van der Waals surface area (Å²) in [5.74, 6) is 1.79. The molecule has 7 heteroatoms. The molecule has 0 saturated heterocycles. The molecule has 0 spiro atoms. The second kappa shape index (κ2) is 21.7. The molecule has 0 aliphatic carbocycles. The van der Waals surface area contributed by atoms with Crippen LogP contribution in [0.15, 0.2) is 113 Å². The number of nitrogens with zero attached hydrogens (tertiary/aromatic N) is 2. The maximum atomic E-state index is 6.34. The van der Waals surface area contributed by atoms with E-state index in [1.54, 1.807) is 0 Å². The Hall–Kier alpha value is -5.27. The number of aromatic nitrogens is 2. The van der Waals surface area contributed by atoms with Gasteiger partial charge in [-0.05, 0) is 129 Å². The van der Waals surface area contributed by atoms with Crippen LogP contribution in [0, 0.1) is 0 Å². The Morgan fingerprint density at radius 2 is 1.34 bits per heavy atom. The topological polar surface area (TPSA) is 77.7 Å². The zero-order valence-electron chi connectivity index (χ0n) is 35.7. The van der Waals surface area contributed by atoms with Gasteiger partial charge in [-0.2, -0.15) is 0 Å². The number of rotatable bonds is 22. The lowest BCUT2D eigenvalue weighted by atomic mass is 9.98. The van der Waals surface area contributed by atoms with Crippen LogP contribution in [0.1, 0.15) is 120 Å². The summed E-state index contributed by atoms with van der Waals surface area (Å²) in [5.41, 5.74) is 9.28. The third-order valence-corrected chi connectivity index (χ3v) is 11.4. The average Bonchev–Trinajstić information content (AvgIpc) is 4.09. The van der Waals surface area contributed by atoms with E-state index >= 15 is 0 Å². The van der Waals surface area contributed by atoms with E-state index in [2.05, 4.69) is 150 Å². The predicted molar refractivity (Wildman–Crippen MR) is 247 cm³/mol. The smallest absolute Gasteiger partial charge is 0.119 e. The van der Waals surface area contributed by atoms with Crippen LogP contribution in [0.5, 0.6) is 11.5 Å². The molecule has 2 aromatic carbocycles. The number of nitrogens with one attached hydrogen (secondary N) is 3. The van der Waals surface area contributed by atoms with Crippen LogP contribution < -0.4 is 25.5 Å². The number of aliphatic imine (C=N–C) groups is 1. The second-order valence-electron chi connectivity index (χ2n) is 16.2. The normalized spacial score (nSPS) is 19.3. The highest BCUT2D eigenvalue weighted by molar-refractivity contribution is 6.19. The molecule has 7 rings (SSSR count). The highest BCUT2D eigenvalue weighted by atomic mass is 16.5. The van der Waals surface area contributed by atoms with Crippen molar-refractivity contribution >= 4 is 29.0 Å². The molecule has 310 valence electrons. The first-order valence-corrected chi connectivity index (χ1v) is 22.6. The molecule has 0 amide bonds. The summed E-state index contributed by atoms with van der Waals surface area (Å²) in [7, 11) is 0. The fraction of sp³-hybridized carbons (Fsp3) is 0.404. The summed E-state index contributed by atoms with van der Waals surface area (Å²) in [6, 6.07) is 25.6. The molecule has 0 radical (unpaired) electrons. The largest absolute Gasteiger partial charge is 0.494 e. The third-order valence-electron chi connectivity index (χ3n) is 11.4. The van der Waals surface area contributed by atoms with Crippen LogP contribution in [0.2, 0.25) is 0 Å². The number of ether oxygens (including phenoxy) is 2. The monoisotopic (exact) mass is 792 g/mol. The van der Waals surface area contributed by atoms with Gasteiger partial charge >= 0.3 is 0 Å². The Morgan fingerprint density at radius 3 is 2.10 bits per heavy atom. The van der Waals surface area contributed by atoms with Gasteiger partial charge in [0, 0.05) is 45.5 Å². The minimum atomic E-state index is -0.0301. The molecule has 0 saturated carbocycles. The zero-order valence-corrected chi connectivity index (χ0v) is 35.7. The van der Waals surface area contributed by atoms with Crippen molar-refractivity contribution in [2.75, 3.05) is 32.8 Å². The second-order valence-corrected chi connectivity index (χ2v) is 16.2. The van der Waals surface area contributed by atoms with E-state index in [1.165, 1.54) is 69.8 Å². The molecule has 1 unspecified atom stereocenters. The van der Waals surface area contributed by atoms with Crippen LogP contribution in [-0.2, 0) is 0 Å². The summed E-state index contributed by atoms with van der Waals surface area (Å²) < 4.78 is 12.7. The first-order valence-electron chi connectivity index (χ1n) is 22.6. The minimum Gasteiger partial charge on any atom is -0.494 e. The molecular formula is C52H65N5O2. The quantitative estimate of drug-likeness (QED) is 0.0693. The van der Waals surface area contributed by atoms with Crippen molar-refractivity contribution in [3.05, 3.63) is 142 Å². The van der Waals surface area contributed by atoms with Crippen molar-refractivity contribution in [3.8, 4) is 11.5 Å². The van der Waals surface area contributed by atoms with E-state index in [-0.39, 0.29) is 6.04 Å². The molecular weight excluding hydrogens is 727 g/mol. The van der Waals surface area contributed by atoms with Crippen LogP contribution in [0.3, 0.4) is 0 Å². The van der Waals surface area contributed by atoms with Gasteiger partial charge in [0.2, 0.25) is 0 Å². The van der Waals surface area contributed by atoms with Gasteiger partial charge in [0.05, 0.1) is 30.7 Å². The molecule has 2 aromatic heterocycles. The number of H-pyrrole nitrogens is 2. The van der Waals surface area contributed by atoms with Gasteiger partial charge in [0.15, 0.2) is 0 Å². The molecule has 4 aromatic rings.